The van der Waals surface area contributed by atoms with Gasteiger partial charge in [-0.15, -0.1) is 0 Å². The van der Waals surface area contributed by atoms with E-state index in [-0.39, 0.29) is 31.3 Å². The van der Waals surface area contributed by atoms with Gasteiger partial charge in [0.1, 0.15) is 6.10 Å². The van der Waals surface area contributed by atoms with Crippen molar-refractivity contribution in [1.82, 2.24) is 5.32 Å². The quantitative estimate of drug-likeness (QED) is 0.0246. The number of hydrogen-bond acceptors (Lipinski definition) is 5. The Morgan fingerprint density at radius 1 is 0.517 bits per heavy atom. The lowest BCUT2D eigenvalue weighted by Crippen LogP contribution is -2.46. The van der Waals surface area contributed by atoms with Gasteiger partial charge in [-0.1, -0.05) is 209 Å². The third kappa shape index (κ3) is 41.8. The molecule has 0 rings (SSSR count). The van der Waals surface area contributed by atoms with Gasteiger partial charge in [-0.05, 0) is 83.5 Å². The molecule has 0 aromatic carbocycles. The molecule has 0 aliphatic heterocycles. The molecule has 0 heterocycles. The zero-order valence-electron chi connectivity index (χ0n) is 39.1. The largest absolute Gasteiger partial charge is 0.462 e. The van der Waals surface area contributed by atoms with Gasteiger partial charge in [0.2, 0.25) is 5.91 Å². The van der Waals surface area contributed by atoms with E-state index in [4.69, 9.17) is 4.74 Å². The summed E-state index contributed by atoms with van der Waals surface area (Å²) >= 11 is 0. The molecule has 0 aliphatic rings. The van der Waals surface area contributed by atoms with Crippen LogP contribution in [-0.4, -0.2) is 46.9 Å². The fourth-order valence-corrected chi connectivity index (χ4v) is 7.00. The molecular formula is C54H93NO5. The summed E-state index contributed by atoms with van der Waals surface area (Å²) in [6.07, 6.45) is 60.7. The van der Waals surface area contributed by atoms with Gasteiger partial charge in [0, 0.05) is 6.42 Å². The van der Waals surface area contributed by atoms with Crippen molar-refractivity contribution < 1.29 is 24.5 Å². The Hall–Kier alpha value is -2.96. The highest BCUT2D eigenvalue weighted by molar-refractivity contribution is 5.77. The van der Waals surface area contributed by atoms with Gasteiger partial charge in [-0.2, -0.15) is 0 Å². The van der Waals surface area contributed by atoms with E-state index in [1.165, 1.54) is 77.0 Å². The second-order valence-electron chi connectivity index (χ2n) is 16.5. The van der Waals surface area contributed by atoms with Crippen LogP contribution < -0.4 is 5.32 Å². The lowest BCUT2D eigenvalue weighted by atomic mass is 10.0. The van der Waals surface area contributed by atoms with Gasteiger partial charge in [0.05, 0.1) is 25.2 Å². The molecule has 0 saturated heterocycles. The Kier molecular flexibility index (Phi) is 44.8. The average Bonchev–Trinajstić information content (AvgIpc) is 3.24. The van der Waals surface area contributed by atoms with Crippen molar-refractivity contribution in [1.29, 1.82) is 0 Å². The summed E-state index contributed by atoms with van der Waals surface area (Å²) in [6.45, 7) is 6.30. The summed E-state index contributed by atoms with van der Waals surface area (Å²) in [7, 11) is 0. The molecule has 3 N–H and O–H groups in total. The Bertz CT molecular complexity index is 1160. The SMILES string of the molecule is CC/C=C/C/C=C/C/C=C/C/C=C/C/C=C/CCC(=O)OC(CCCCCC/C=C/C=C/CCCCC)CC(=O)NC(CO)C(O)CCCCCCCCCCCCCC. The van der Waals surface area contributed by atoms with Crippen molar-refractivity contribution in [3.05, 3.63) is 85.1 Å². The van der Waals surface area contributed by atoms with Crippen LogP contribution in [0.15, 0.2) is 85.1 Å². The van der Waals surface area contributed by atoms with Gasteiger partial charge in [-0.3, -0.25) is 9.59 Å². The molecule has 3 atom stereocenters. The van der Waals surface area contributed by atoms with Crippen LogP contribution in [0.4, 0.5) is 0 Å². The fraction of sp³-hybridized carbons (Fsp3) is 0.704. The molecule has 3 unspecified atom stereocenters. The molecule has 0 radical (unpaired) electrons. The Morgan fingerprint density at radius 2 is 0.950 bits per heavy atom. The molecule has 0 fully saturated rings. The summed E-state index contributed by atoms with van der Waals surface area (Å²) in [6, 6.07) is -0.726. The second kappa shape index (κ2) is 47.1. The number of unbranched alkanes of at least 4 members (excludes halogenated alkanes) is 18. The monoisotopic (exact) mass is 836 g/mol. The number of nitrogens with one attached hydrogen (secondary N) is 1. The number of hydrogen-bond donors (Lipinski definition) is 3. The number of allylic oxidation sites excluding steroid dienone is 14. The van der Waals surface area contributed by atoms with E-state index in [1.807, 2.05) is 6.08 Å². The van der Waals surface area contributed by atoms with Crippen LogP contribution in [0.25, 0.3) is 0 Å². The first-order valence-electron chi connectivity index (χ1n) is 24.8. The van der Waals surface area contributed by atoms with E-state index in [1.54, 1.807) is 0 Å². The smallest absolute Gasteiger partial charge is 0.306 e. The van der Waals surface area contributed by atoms with E-state index in [9.17, 15) is 19.8 Å². The molecule has 6 nitrogen and oxygen atoms in total. The maximum absolute atomic E-state index is 13.2. The first-order chi connectivity index (χ1) is 29.5. The molecular weight excluding hydrogens is 743 g/mol. The van der Waals surface area contributed by atoms with Gasteiger partial charge < -0.3 is 20.3 Å². The second-order valence-corrected chi connectivity index (χ2v) is 16.5. The number of rotatable bonds is 43. The topological polar surface area (TPSA) is 95.9 Å². The predicted molar refractivity (Wildman–Crippen MR) is 259 cm³/mol. The Labute approximate surface area is 370 Å². The summed E-state index contributed by atoms with van der Waals surface area (Å²) in [5, 5.41) is 23.7. The molecule has 0 saturated carbocycles. The third-order valence-corrected chi connectivity index (χ3v) is 10.7. The maximum atomic E-state index is 13.2. The normalized spacial score (nSPS) is 14.0. The van der Waals surface area contributed by atoms with E-state index in [0.29, 0.717) is 19.3 Å². The zero-order chi connectivity index (χ0) is 43.8. The number of carbonyl (C=O) groups excluding carboxylic acids is 2. The molecule has 1 amide bonds. The molecule has 0 aliphatic carbocycles. The minimum atomic E-state index is -0.808. The van der Waals surface area contributed by atoms with Crippen molar-refractivity contribution in [3.8, 4) is 0 Å². The van der Waals surface area contributed by atoms with Gasteiger partial charge in [0.25, 0.3) is 0 Å². The van der Waals surface area contributed by atoms with Crippen LogP contribution in [0.2, 0.25) is 0 Å². The first-order valence-corrected chi connectivity index (χ1v) is 24.8. The summed E-state index contributed by atoms with van der Waals surface area (Å²) in [4.78, 5) is 26.1. The average molecular weight is 836 g/mol. The number of carbonyl (C=O) groups is 2. The molecule has 0 spiro atoms. The summed E-state index contributed by atoms with van der Waals surface area (Å²) < 4.78 is 5.87. The maximum Gasteiger partial charge on any atom is 0.306 e. The van der Waals surface area contributed by atoms with Gasteiger partial charge in [0.15, 0.2) is 0 Å². The van der Waals surface area contributed by atoms with Crippen LogP contribution in [0.3, 0.4) is 0 Å². The fourth-order valence-electron chi connectivity index (χ4n) is 7.00. The first kappa shape index (κ1) is 57.0. The lowest BCUT2D eigenvalue weighted by Gasteiger charge is -2.24. The van der Waals surface area contributed by atoms with Crippen LogP contribution >= 0.6 is 0 Å². The van der Waals surface area contributed by atoms with Gasteiger partial charge >= 0.3 is 5.97 Å². The number of aliphatic hydroxyl groups excluding tert-OH is 2. The van der Waals surface area contributed by atoms with E-state index >= 15 is 0 Å². The standard InChI is InChI=1S/C54H93NO5/c1-4-7-10-13-16-19-22-25-26-27-29-32-35-38-41-44-47-54(59)60-50(45-42-39-36-33-30-28-23-20-17-14-11-8-5-2)48-53(58)55-51(49-56)52(57)46-43-40-37-34-31-24-21-18-15-12-9-6-3/h7,10,16-17,19-20,23,25-26,28-29,32,38,41,50-52,56-57H,4-6,8-9,11-15,18,21-22,24,27,30-31,33-37,39-40,42-49H2,1-3H3,(H,55,58)/b10-7+,19-16+,20-17+,26-25+,28-23+,32-29+,41-38+. The summed E-state index contributed by atoms with van der Waals surface area (Å²) in [5.74, 6) is -0.599. The molecule has 0 bridgehead atoms. The van der Waals surface area contributed by atoms with Crippen molar-refractivity contribution in [2.24, 2.45) is 0 Å². The van der Waals surface area contributed by atoms with Crippen molar-refractivity contribution in [3.63, 3.8) is 0 Å². The highest BCUT2D eigenvalue weighted by atomic mass is 16.5. The predicted octanol–water partition coefficient (Wildman–Crippen LogP) is 14.8. The van der Waals surface area contributed by atoms with Crippen LogP contribution in [0, 0.1) is 0 Å². The highest BCUT2D eigenvalue weighted by Gasteiger charge is 2.24. The van der Waals surface area contributed by atoms with Crippen molar-refractivity contribution in [2.75, 3.05) is 6.61 Å². The number of aliphatic hydroxyl groups is 2. The van der Waals surface area contributed by atoms with Crippen LogP contribution in [-0.2, 0) is 14.3 Å². The Balaban J connectivity index is 4.74. The highest BCUT2D eigenvalue weighted by Crippen LogP contribution is 2.17. The summed E-state index contributed by atoms with van der Waals surface area (Å²) in [5.41, 5.74) is 0. The number of amides is 1. The van der Waals surface area contributed by atoms with Crippen LogP contribution in [0.5, 0.6) is 0 Å². The lowest BCUT2D eigenvalue weighted by molar-refractivity contribution is -0.150. The molecule has 0 aromatic heterocycles. The van der Waals surface area contributed by atoms with E-state index in [2.05, 4.69) is 105 Å². The van der Waals surface area contributed by atoms with E-state index in [0.717, 1.165) is 89.9 Å². The minimum Gasteiger partial charge on any atom is -0.462 e. The minimum absolute atomic E-state index is 0.0303. The zero-order valence-corrected chi connectivity index (χ0v) is 39.1. The van der Waals surface area contributed by atoms with Gasteiger partial charge in [-0.25, -0.2) is 0 Å². The number of ether oxygens (including phenoxy) is 1. The molecule has 344 valence electrons. The molecule has 6 heteroatoms. The molecule has 60 heavy (non-hydrogen) atoms. The third-order valence-electron chi connectivity index (χ3n) is 10.7. The van der Waals surface area contributed by atoms with Crippen molar-refractivity contribution >= 4 is 11.9 Å². The van der Waals surface area contributed by atoms with Crippen molar-refractivity contribution in [2.45, 2.75) is 238 Å². The Morgan fingerprint density at radius 3 is 1.47 bits per heavy atom. The number of esters is 1. The molecule has 0 aromatic rings. The van der Waals surface area contributed by atoms with E-state index < -0.39 is 18.2 Å². The van der Waals surface area contributed by atoms with Crippen LogP contribution in [0.1, 0.15) is 220 Å².